The van der Waals surface area contributed by atoms with Crippen molar-refractivity contribution in [3.63, 3.8) is 0 Å². The predicted octanol–water partition coefficient (Wildman–Crippen LogP) is 4.48. The van der Waals surface area contributed by atoms with E-state index in [1.807, 2.05) is 22.9 Å². The van der Waals surface area contributed by atoms with Crippen LogP contribution in [-0.4, -0.2) is 30.9 Å². The number of halogens is 2. The molecule has 0 N–H and O–H groups in total. The van der Waals surface area contributed by atoms with Crippen molar-refractivity contribution in [3.8, 4) is 17.2 Å². The van der Waals surface area contributed by atoms with Gasteiger partial charge < -0.3 is 4.90 Å². The van der Waals surface area contributed by atoms with E-state index in [-0.39, 0.29) is 23.1 Å². The molecule has 1 atom stereocenters. The molecule has 0 bridgehead atoms. The van der Waals surface area contributed by atoms with Crippen LogP contribution in [0.15, 0.2) is 55.0 Å². The van der Waals surface area contributed by atoms with Gasteiger partial charge in [0.15, 0.2) is 5.82 Å². The summed E-state index contributed by atoms with van der Waals surface area (Å²) in [5.41, 5.74) is 4.12. The summed E-state index contributed by atoms with van der Waals surface area (Å²) in [5.74, 6) is -0.803. The largest absolute Gasteiger partial charge is 0.362 e. The fourth-order valence-electron chi connectivity index (χ4n) is 4.65. The zero-order valence-corrected chi connectivity index (χ0v) is 17.6. The molecular formula is C24H17F2N7. The molecule has 1 aliphatic heterocycles. The van der Waals surface area contributed by atoms with Gasteiger partial charge in [-0.3, -0.25) is 9.67 Å². The Morgan fingerprint density at radius 1 is 1.09 bits per heavy atom. The first-order chi connectivity index (χ1) is 16.0. The third kappa shape index (κ3) is 2.88. The predicted molar refractivity (Wildman–Crippen MR) is 119 cm³/mol. The number of anilines is 1. The minimum absolute atomic E-state index is 0.0152. The molecule has 0 spiro atoms. The van der Waals surface area contributed by atoms with Crippen molar-refractivity contribution in [1.29, 1.82) is 5.26 Å². The van der Waals surface area contributed by atoms with Crippen molar-refractivity contribution in [2.75, 3.05) is 11.4 Å². The van der Waals surface area contributed by atoms with Crippen LogP contribution in [0.25, 0.3) is 27.5 Å². The summed E-state index contributed by atoms with van der Waals surface area (Å²) in [7, 11) is 0. The van der Waals surface area contributed by atoms with Crippen molar-refractivity contribution < 1.29 is 8.78 Å². The Balaban J connectivity index is 1.45. The van der Waals surface area contributed by atoms with Gasteiger partial charge in [0, 0.05) is 29.9 Å². The van der Waals surface area contributed by atoms with E-state index in [9.17, 15) is 14.0 Å². The summed E-state index contributed by atoms with van der Waals surface area (Å²) < 4.78 is 32.2. The number of nitrogens with zero attached hydrogens (tertiary/aromatic N) is 7. The Kier molecular flexibility index (Phi) is 4.17. The average Bonchev–Trinajstić information content (AvgIpc) is 3.40. The number of hydrogen-bond acceptors (Lipinski definition) is 5. The molecule has 0 aliphatic carbocycles. The molecule has 33 heavy (non-hydrogen) atoms. The van der Waals surface area contributed by atoms with Gasteiger partial charge in [0.2, 0.25) is 0 Å². The first kappa shape index (κ1) is 19.4. The maximum absolute atomic E-state index is 14.6. The molecule has 1 aromatic carbocycles. The smallest absolute Gasteiger partial charge is 0.171 e. The summed E-state index contributed by atoms with van der Waals surface area (Å²) in [6.07, 6.45) is 4.06. The Morgan fingerprint density at radius 2 is 1.97 bits per heavy atom. The second-order valence-corrected chi connectivity index (χ2v) is 8.18. The average molecular weight is 441 g/mol. The van der Waals surface area contributed by atoms with Gasteiger partial charge in [-0.2, -0.15) is 15.5 Å². The van der Waals surface area contributed by atoms with E-state index in [2.05, 4.69) is 28.0 Å². The topological polar surface area (TPSA) is 75.0 Å². The van der Waals surface area contributed by atoms with Crippen LogP contribution in [0.2, 0.25) is 0 Å². The number of aromatic nitrogens is 5. The quantitative estimate of drug-likeness (QED) is 0.404. The summed E-state index contributed by atoms with van der Waals surface area (Å²) in [6.45, 7) is 3.17. The lowest BCUT2D eigenvalue weighted by Gasteiger charge is -2.34. The van der Waals surface area contributed by atoms with Crippen molar-refractivity contribution in [3.05, 3.63) is 78.0 Å². The first-order valence-corrected chi connectivity index (χ1v) is 10.5. The van der Waals surface area contributed by atoms with Crippen LogP contribution in [-0.2, 0) is 6.54 Å². The van der Waals surface area contributed by atoms with Crippen molar-refractivity contribution >= 4 is 22.1 Å². The third-order valence-corrected chi connectivity index (χ3v) is 6.17. The van der Waals surface area contributed by atoms with Crippen LogP contribution in [0, 0.1) is 23.0 Å². The Labute approximate surface area is 187 Å². The van der Waals surface area contributed by atoms with E-state index >= 15 is 0 Å². The lowest BCUT2D eigenvalue weighted by Crippen LogP contribution is -2.36. The second kappa shape index (κ2) is 7.10. The van der Waals surface area contributed by atoms with Crippen LogP contribution in [0.1, 0.15) is 24.4 Å². The normalized spacial score (nSPS) is 15.7. The molecule has 4 aromatic heterocycles. The van der Waals surface area contributed by atoms with Gasteiger partial charge in [0.1, 0.15) is 23.1 Å². The number of benzene rings is 1. The highest BCUT2D eigenvalue weighted by atomic mass is 19.1. The fourth-order valence-corrected chi connectivity index (χ4v) is 4.65. The van der Waals surface area contributed by atoms with Crippen molar-refractivity contribution in [1.82, 2.24) is 24.4 Å². The van der Waals surface area contributed by atoms with E-state index in [1.165, 1.54) is 23.0 Å². The number of rotatable bonds is 2. The van der Waals surface area contributed by atoms with Gasteiger partial charge in [0.25, 0.3) is 0 Å². The standard InChI is InChI=1S/C24H17F2N7/c1-14-12-31(22-5-3-16(9-27)33-24(22)20(26)11-29-33)13-23-17-4-2-15(8-21(17)30-32(14)23)18-10-28-7-6-19(18)25/h2-8,10-11,14H,12-13H2,1H3/t14-/m1/s1. The van der Waals surface area contributed by atoms with Crippen LogP contribution in [0.5, 0.6) is 0 Å². The minimum atomic E-state index is -0.471. The number of nitriles is 1. The molecule has 0 saturated heterocycles. The van der Waals surface area contributed by atoms with E-state index in [4.69, 9.17) is 5.10 Å². The Hall–Kier alpha value is -4.32. The molecule has 7 nitrogen and oxygen atoms in total. The number of fused-ring (bicyclic) bond motifs is 4. The van der Waals surface area contributed by atoms with Crippen LogP contribution in [0.3, 0.4) is 0 Å². The Bertz CT molecular complexity index is 1590. The summed E-state index contributed by atoms with van der Waals surface area (Å²) in [4.78, 5) is 6.11. The SMILES string of the molecule is C[C@@H]1CN(c2ccc(C#N)n3ncc(F)c23)Cc2c3ccc(-c4cnccc4F)cc3nn21. The fraction of sp³-hybridized carbons (Fsp3) is 0.167. The van der Waals surface area contributed by atoms with Gasteiger partial charge >= 0.3 is 0 Å². The van der Waals surface area contributed by atoms with Crippen LogP contribution >= 0.6 is 0 Å². The van der Waals surface area contributed by atoms with Crippen molar-refractivity contribution in [2.24, 2.45) is 0 Å². The highest BCUT2D eigenvalue weighted by Crippen LogP contribution is 2.35. The van der Waals surface area contributed by atoms with Gasteiger partial charge in [0.05, 0.1) is 35.7 Å². The maximum atomic E-state index is 14.6. The molecule has 0 unspecified atom stereocenters. The highest BCUT2D eigenvalue weighted by Gasteiger charge is 2.28. The molecule has 1 aliphatic rings. The molecular weight excluding hydrogens is 424 g/mol. The minimum Gasteiger partial charge on any atom is -0.362 e. The summed E-state index contributed by atoms with van der Waals surface area (Å²) >= 11 is 0. The molecule has 0 fully saturated rings. The molecule has 0 saturated carbocycles. The molecule has 9 heteroatoms. The lowest BCUT2D eigenvalue weighted by atomic mass is 10.0. The number of pyridine rings is 2. The molecule has 5 heterocycles. The zero-order valence-electron chi connectivity index (χ0n) is 17.6. The van der Waals surface area contributed by atoms with Crippen LogP contribution in [0.4, 0.5) is 14.5 Å². The van der Waals surface area contributed by atoms with Gasteiger partial charge in [-0.15, -0.1) is 0 Å². The monoisotopic (exact) mass is 441 g/mol. The summed E-state index contributed by atoms with van der Waals surface area (Å²) in [6, 6.07) is 12.5. The zero-order chi connectivity index (χ0) is 22.7. The van der Waals surface area contributed by atoms with E-state index in [0.717, 1.165) is 22.8 Å². The molecule has 0 amide bonds. The molecule has 5 aromatic rings. The van der Waals surface area contributed by atoms with Crippen molar-refractivity contribution in [2.45, 2.75) is 19.5 Å². The second-order valence-electron chi connectivity index (χ2n) is 8.18. The third-order valence-electron chi connectivity index (χ3n) is 6.17. The molecule has 0 radical (unpaired) electrons. The maximum Gasteiger partial charge on any atom is 0.171 e. The summed E-state index contributed by atoms with van der Waals surface area (Å²) in [5, 5.41) is 19.1. The van der Waals surface area contributed by atoms with Gasteiger partial charge in [-0.25, -0.2) is 13.3 Å². The highest BCUT2D eigenvalue weighted by molar-refractivity contribution is 5.87. The Morgan fingerprint density at radius 3 is 2.79 bits per heavy atom. The number of hydrogen-bond donors (Lipinski definition) is 0. The molecule has 162 valence electrons. The van der Waals surface area contributed by atoms with Gasteiger partial charge in [-0.05, 0) is 36.8 Å². The lowest BCUT2D eigenvalue weighted by molar-refractivity contribution is 0.430. The van der Waals surface area contributed by atoms with E-state index in [1.54, 1.807) is 12.1 Å². The van der Waals surface area contributed by atoms with E-state index in [0.29, 0.717) is 29.9 Å². The van der Waals surface area contributed by atoms with Gasteiger partial charge in [-0.1, -0.05) is 12.1 Å². The van der Waals surface area contributed by atoms with Crippen LogP contribution < -0.4 is 4.90 Å². The molecule has 6 rings (SSSR count). The first-order valence-electron chi connectivity index (χ1n) is 10.5. The van der Waals surface area contributed by atoms with E-state index < -0.39 is 5.82 Å².